The number of rotatable bonds is 4. The van der Waals surface area contributed by atoms with E-state index in [0.29, 0.717) is 10.8 Å². The third-order valence-corrected chi connectivity index (χ3v) is 5.45. The van der Waals surface area contributed by atoms with E-state index >= 15 is 0 Å². The van der Waals surface area contributed by atoms with Gasteiger partial charge < -0.3 is 0 Å². The summed E-state index contributed by atoms with van der Waals surface area (Å²) in [5, 5.41) is 0. The number of aryl methyl sites for hydroxylation is 1. The average Bonchev–Trinajstić information content (AvgIpc) is 2.19. The fourth-order valence-corrected chi connectivity index (χ4v) is 2.99. The van der Waals surface area contributed by atoms with Gasteiger partial charge in [-0.1, -0.05) is 58.9 Å². The second-order valence-electron chi connectivity index (χ2n) is 6.55. The highest BCUT2D eigenvalue weighted by Gasteiger charge is 2.32. The molecule has 0 aliphatic rings. The van der Waals surface area contributed by atoms with E-state index in [1.165, 1.54) is 16.9 Å². The Labute approximate surface area is 111 Å². The van der Waals surface area contributed by atoms with E-state index in [4.69, 9.17) is 0 Å². The number of thioether (sulfide) groups is 1. The second-order valence-corrected chi connectivity index (χ2v) is 7.54. The maximum atomic E-state index is 2.37. The third kappa shape index (κ3) is 4.06. The van der Waals surface area contributed by atoms with Crippen molar-refractivity contribution in [1.82, 2.24) is 0 Å². The van der Waals surface area contributed by atoms with E-state index in [-0.39, 0.29) is 0 Å². The minimum Gasteiger partial charge on any atom is -0.157 e. The molecule has 0 radical (unpaired) electrons. The molecule has 0 aliphatic heterocycles. The summed E-state index contributed by atoms with van der Waals surface area (Å²) in [6, 6.07) is 8.69. The van der Waals surface area contributed by atoms with Crippen LogP contribution in [0.4, 0.5) is 0 Å². The van der Waals surface area contributed by atoms with Crippen molar-refractivity contribution in [1.29, 1.82) is 0 Å². The molecule has 1 aromatic rings. The Morgan fingerprint density at radius 1 is 1.00 bits per heavy atom. The van der Waals surface area contributed by atoms with E-state index in [1.807, 2.05) is 0 Å². The molecule has 0 N–H and O–H groups in total. The largest absolute Gasteiger partial charge is 0.157 e. The molecule has 0 atom stereocenters. The van der Waals surface area contributed by atoms with Crippen molar-refractivity contribution in [3.05, 3.63) is 35.4 Å². The fourth-order valence-electron chi connectivity index (χ4n) is 1.40. The molecule has 0 amide bonds. The molecule has 0 saturated carbocycles. The lowest BCUT2D eigenvalue weighted by molar-refractivity contribution is 0.162. The molecule has 0 fully saturated rings. The number of hydrogen-bond donors (Lipinski definition) is 0. The summed E-state index contributed by atoms with van der Waals surface area (Å²) in [6.07, 6.45) is 0. The molecule has 0 unspecified atom stereocenters. The first-order valence-corrected chi connectivity index (χ1v) is 7.52. The fraction of sp³-hybridized carbons (Fsp3) is 0.625. The molecule has 0 aromatic heterocycles. The summed E-state index contributed by atoms with van der Waals surface area (Å²) >= 11 is 2.05. The summed E-state index contributed by atoms with van der Waals surface area (Å²) < 4.78 is 0. The predicted molar refractivity (Wildman–Crippen MR) is 80.6 cm³/mol. The molecule has 0 aliphatic carbocycles. The van der Waals surface area contributed by atoms with Crippen molar-refractivity contribution in [2.45, 2.75) is 47.3 Å². The number of hydrogen-bond acceptors (Lipinski definition) is 1. The molecule has 1 rings (SSSR count). The van der Waals surface area contributed by atoms with Gasteiger partial charge in [-0.2, -0.15) is 11.8 Å². The Balaban J connectivity index is 2.52. The molecule has 0 bridgehead atoms. The van der Waals surface area contributed by atoms with Crippen molar-refractivity contribution in [2.75, 3.05) is 5.75 Å². The van der Waals surface area contributed by atoms with Gasteiger partial charge in [0.2, 0.25) is 0 Å². The summed E-state index contributed by atoms with van der Waals surface area (Å²) in [5.41, 5.74) is 3.63. The second kappa shape index (κ2) is 5.48. The van der Waals surface area contributed by atoms with Crippen molar-refractivity contribution in [3.8, 4) is 0 Å². The maximum Gasteiger partial charge on any atom is 0.0187 e. The van der Waals surface area contributed by atoms with Gasteiger partial charge in [0.25, 0.3) is 0 Å². The van der Waals surface area contributed by atoms with E-state index in [0.717, 1.165) is 5.75 Å². The zero-order valence-electron chi connectivity index (χ0n) is 12.1. The van der Waals surface area contributed by atoms with Gasteiger partial charge in [0.1, 0.15) is 0 Å². The molecule has 0 saturated heterocycles. The average molecular weight is 250 g/mol. The van der Waals surface area contributed by atoms with Crippen LogP contribution in [0.1, 0.15) is 45.7 Å². The monoisotopic (exact) mass is 250 g/mol. The van der Waals surface area contributed by atoms with E-state index in [9.17, 15) is 0 Å². The van der Waals surface area contributed by atoms with Gasteiger partial charge >= 0.3 is 0 Å². The first-order chi connectivity index (χ1) is 7.74. The maximum absolute atomic E-state index is 2.37. The van der Waals surface area contributed by atoms with Crippen LogP contribution in [-0.4, -0.2) is 5.75 Å². The van der Waals surface area contributed by atoms with Gasteiger partial charge in [-0.05, 0) is 34.6 Å². The van der Waals surface area contributed by atoms with Crippen molar-refractivity contribution in [2.24, 2.45) is 10.8 Å². The Hall–Kier alpha value is -0.430. The molecular formula is C16H26S. The van der Waals surface area contributed by atoms with E-state index < -0.39 is 0 Å². The van der Waals surface area contributed by atoms with Crippen LogP contribution in [0.2, 0.25) is 0 Å². The summed E-state index contributed by atoms with van der Waals surface area (Å²) in [6.45, 7) is 13.9. The van der Waals surface area contributed by atoms with Crippen LogP contribution in [0, 0.1) is 17.8 Å². The molecule has 0 nitrogen and oxygen atoms in total. The summed E-state index contributed by atoms with van der Waals surface area (Å²) in [7, 11) is 0. The molecule has 0 spiro atoms. The molecule has 96 valence electrons. The smallest absolute Gasteiger partial charge is 0.0187 e. The van der Waals surface area contributed by atoms with Crippen LogP contribution in [0.25, 0.3) is 0 Å². The van der Waals surface area contributed by atoms with Gasteiger partial charge in [-0.15, -0.1) is 0 Å². The predicted octanol–water partition coefficient (Wildman–Crippen LogP) is 5.30. The Morgan fingerprint density at radius 2 is 1.59 bits per heavy atom. The van der Waals surface area contributed by atoms with Crippen LogP contribution in [-0.2, 0) is 5.75 Å². The Kier molecular flexibility index (Phi) is 4.71. The first-order valence-electron chi connectivity index (χ1n) is 6.36. The lowest BCUT2D eigenvalue weighted by Crippen LogP contribution is -2.31. The van der Waals surface area contributed by atoms with E-state index in [1.54, 1.807) is 0 Å². The lowest BCUT2D eigenvalue weighted by atomic mass is 9.71. The quantitative estimate of drug-likeness (QED) is 0.698. The Bertz CT molecular complexity index is 358. The molecule has 17 heavy (non-hydrogen) atoms. The molecule has 0 heterocycles. The highest BCUT2D eigenvalue weighted by molar-refractivity contribution is 7.98. The normalized spacial score (nSPS) is 12.8. The summed E-state index contributed by atoms with van der Waals surface area (Å²) in [4.78, 5) is 0. The first kappa shape index (κ1) is 14.6. The molecular weight excluding hydrogens is 224 g/mol. The highest BCUT2D eigenvalue weighted by Crippen LogP contribution is 2.40. The van der Waals surface area contributed by atoms with Gasteiger partial charge in [-0.3, -0.25) is 0 Å². The highest BCUT2D eigenvalue weighted by atomic mass is 32.2. The van der Waals surface area contributed by atoms with Crippen molar-refractivity contribution >= 4 is 11.8 Å². The van der Waals surface area contributed by atoms with Crippen LogP contribution in [0.5, 0.6) is 0 Å². The Morgan fingerprint density at radius 3 is 2.12 bits per heavy atom. The van der Waals surface area contributed by atoms with Gasteiger partial charge in [0.05, 0.1) is 0 Å². The van der Waals surface area contributed by atoms with Crippen LogP contribution in [0.3, 0.4) is 0 Å². The SMILES string of the molecule is Cc1ccccc1CSCC(C)(C)C(C)(C)C. The van der Waals surface area contributed by atoms with Gasteiger partial charge in [-0.25, -0.2) is 0 Å². The van der Waals surface area contributed by atoms with Crippen LogP contribution >= 0.6 is 11.8 Å². The third-order valence-electron chi connectivity index (χ3n) is 4.01. The standard InChI is InChI=1S/C16H26S/c1-13-9-7-8-10-14(13)11-17-12-16(5,6)15(2,3)4/h7-10H,11-12H2,1-6H3. The molecule has 1 aromatic carbocycles. The summed E-state index contributed by atoms with van der Waals surface area (Å²) in [5.74, 6) is 2.34. The zero-order valence-corrected chi connectivity index (χ0v) is 12.9. The van der Waals surface area contributed by atoms with Crippen molar-refractivity contribution in [3.63, 3.8) is 0 Å². The van der Waals surface area contributed by atoms with E-state index in [2.05, 4.69) is 77.6 Å². The van der Waals surface area contributed by atoms with Gasteiger partial charge in [0, 0.05) is 5.75 Å². The lowest BCUT2D eigenvalue weighted by Gasteiger charge is -2.38. The van der Waals surface area contributed by atoms with Crippen LogP contribution < -0.4 is 0 Å². The molecule has 1 heteroatoms. The minimum absolute atomic E-state index is 0.367. The van der Waals surface area contributed by atoms with Crippen molar-refractivity contribution < 1.29 is 0 Å². The van der Waals surface area contributed by atoms with Gasteiger partial charge in [0.15, 0.2) is 0 Å². The minimum atomic E-state index is 0.367. The zero-order chi connectivity index (χ0) is 13.1. The van der Waals surface area contributed by atoms with Crippen LogP contribution in [0.15, 0.2) is 24.3 Å². The topological polar surface area (TPSA) is 0 Å². The number of benzene rings is 1.